The number of carbonyl (C=O) groups is 1. The van der Waals surface area contributed by atoms with Crippen LogP contribution in [0.25, 0.3) is 0 Å². The molecule has 1 aromatic carbocycles. The van der Waals surface area contributed by atoms with Gasteiger partial charge in [-0.05, 0) is 23.5 Å². The van der Waals surface area contributed by atoms with Crippen molar-refractivity contribution < 1.29 is 14.6 Å². The molecule has 1 aliphatic rings. The molecule has 0 aromatic heterocycles. The molecule has 0 bridgehead atoms. The number of carboxylic acid groups (broad SMARTS) is 1. The second-order valence-corrected chi connectivity index (χ2v) is 5.31. The van der Waals surface area contributed by atoms with Crippen LogP contribution in [0.15, 0.2) is 18.2 Å². The van der Waals surface area contributed by atoms with Crippen molar-refractivity contribution in [2.45, 2.75) is 26.7 Å². The lowest BCUT2D eigenvalue weighted by molar-refractivity contribution is -0.139. The molecule has 0 heterocycles. The lowest BCUT2D eigenvalue weighted by Gasteiger charge is -2.12. The van der Waals surface area contributed by atoms with Crippen LogP contribution in [-0.4, -0.2) is 18.2 Å². The number of ether oxygens (including phenoxy) is 1. The summed E-state index contributed by atoms with van der Waals surface area (Å²) in [5, 5.41) is 9.21. The van der Waals surface area contributed by atoms with Gasteiger partial charge in [-0.25, -0.2) is 0 Å². The maximum absolute atomic E-state index is 11.2. The Morgan fingerprint density at radius 2 is 2.06 bits per heavy atom. The van der Waals surface area contributed by atoms with Gasteiger partial charge in [0.1, 0.15) is 5.75 Å². The molecule has 3 nitrogen and oxygen atoms in total. The topological polar surface area (TPSA) is 46.5 Å². The minimum absolute atomic E-state index is 0.0508. The van der Waals surface area contributed by atoms with E-state index in [-0.39, 0.29) is 17.3 Å². The molecule has 1 fully saturated rings. The van der Waals surface area contributed by atoms with Crippen LogP contribution < -0.4 is 4.74 Å². The van der Waals surface area contributed by atoms with E-state index in [0.29, 0.717) is 0 Å². The summed E-state index contributed by atoms with van der Waals surface area (Å²) >= 11 is 0. The van der Waals surface area contributed by atoms with E-state index < -0.39 is 5.97 Å². The summed E-state index contributed by atoms with van der Waals surface area (Å²) in [4.78, 5) is 11.2. The predicted octanol–water partition coefficient (Wildman–Crippen LogP) is 2.83. The minimum atomic E-state index is -0.719. The molecule has 0 spiro atoms. The SMILES string of the molecule is COc1c(C)cccc1[C@@H]1[C@@H](C(=O)O)C1(C)C. The minimum Gasteiger partial charge on any atom is -0.496 e. The fourth-order valence-electron chi connectivity index (χ4n) is 2.88. The van der Waals surface area contributed by atoms with E-state index in [1.807, 2.05) is 39.0 Å². The number of para-hydroxylation sites is 1. The normalized spacial score (nSPS) is 25.4. The van der Waals surface area contributed by atoms with Crippen LogP contribution in [0.2, 0.25) is 0 Å². The van der Waals surface area contributed by atoms with Crippen molar-refractivity contribution in [3.8, 4) is 5.75 Å². The summed E-state index contributed by atoms with van der Waals surface area (Å²) in [7, 11) is 1.64. The van der Waals surface area contributed by atoms with E-state index in [2.05, 4.69) is 0 Å². The zero-order valence-electron chi connectivity index (χ0n) is 10.7. The molecule has 0 unspecified atom stereocenters. The number of methoxy groups -OCH3 is 1. The highest BCUT2D eigenvalue weighted by molar-refractivity contribution is 5.78. The van der Waals surface area contributed by atoms with Crippen LogP contribution >= 0.6 is 0 Å². The van der Waals surface area contributed by atoms with E-state index in [4.69, 9.17) is 4.74 Å². The molecule has 0 aliphatic heterocycles. The van der Waals surface area contributed by atoms with Crippen LogP contribution in [-0.2, 0) is 4.79 Å². The third-order valence-electron chi connectivity index (χ3n) is 3.87. The average molecular weight is 234 g/mol. The van der Waals surface area contributed by atoms with Crippen molar-refractivity contribution >= 4 is 5.97 Å². The van der Waals surface area contributed by atoms with Crippen molar-refractivity contribution in [1.82, 2.24) is 0 Å². The van der Waals surface area contributed by atoms with Crippen molar-refractivity contribution in [2.75, 3.05) is 7.11 Å². The molecular weight excluding hydrogens is 216 g/mol. The number of aliphatic carboxylic acids is 1. The highest BCUT2D eigenvalue weighted by Gasteiger charge is 2.63. The Bertz CT molecular complexity index is 463. The molecule has 1 aliphatic carbocycles. The molecule has 2 atom stereocenters. The molecule has 0 radical (unpaired) electrons. The Hall–Kier alpha value is -1.51. The molecule has 1 aromatic rings. The number of aryl methyl sites for hydroxylation is 1. The van der Waals surface area contributed by atoms with E-state index in [1.165, 1.54) is 0 Å². The first-order chi connectivity index (χ1) is 7.91. The van der Waals surface area contributed by atoms with Gasteiger partial charge in [-0.2, -0.15) is 0 Å². The van der Waals surface area contributed by atoms with Gasteiger partial charge in [-0.3, -0.25) is 4.79 Å². The summed E-state index contributed by atoms with van der Waals surface area (Å²) in [6, 6.07) is 5.91. The van der Waals surface area contributed by atoms with Crippen molar-refractivity contribution in [2.24, 2.45) is 11.3 Å². The summed E-state index contributed by atoms with van der Waals surface area (Å²) in [6.45, 7) is 5.98. The quantitative estimate of drug-likeness (QED) is 0.874. The van der Waals surface area contributed by atoms with Gasteiger partial charge in [0.25, 0.3) is 0 Å². The smallest absolute Gasteiger partial charge is 0.307 e. The monoisotopic (exact) mass is 234 g/mol. The third-order valence-corrected chi connectivity index (χ3v) is 3.87. The van der Waals surface area contributed by atoms with E-state index >= 15 is 0 Å². The van der Waals surface area contributed by atoms with Crippen LogP contribution in [0.5, 0.6) is 5.75 Å². The second kappa shape index (κ2) is 3.76. The van der Waals surface area contributed by atoms with Gasteiger partial charge in [-0.15, -0.1) is 0 Å². The van der Waals surface area contributed by atoms with Crippen molar-refractivity contribution in [3.05, 3.63) is 29.3 Å². The fourth-order valence-corrected chi connectivity index (χ4v) is 2.88. The molecule has 1 saturated carbocycles. The van der Waals surface area contributed by atoms with Crippen LogP contribution in [0, 0.1) is 18.3 Å². The largest absolute Gasteiger partial charge is 0.496 e. The van der Waals surface area contributed by atoms with Gasteiger partial charge in [0.2, 0.25) is 0 Å². The van der Waals surface area contributed by atoms with Gasteiger partial charge in [-0.1, -0.05) is 32.0 Å². The van der Waals surface area contributed by atoms with E-state index in [1.54, 1.807) is 7.11 Å². The van der Waals surface area contributed by atoms with Crippen LogP contribution in [0.1, 0.15) is 30.9 Å². The van der Waals surface area contributed by atoms with Gasteiger partial charge in [0.05, 0.1) is 13.0 Å². The van der Waals surface area contributed by atoms with Crippen LogP contribution in [0.4, 0.5) is 0 Å². The molecule has 92 valence electrons. The van der Waals surface area contributed by atoms with Gasteiger partial charge in [0, 0.05) is 5.92 Å². The Balaban J connectivity index is 2.43. The van der Waals surface area contributed by atoms with E-state index in [0.717, 1.165) is 16.9 Å². The molecule has 1 N–H and O–H groups in total. The number of rotatable bonds is 3. The lowest BCUT2D eigenvalue weighted by atomic mass is 10.00. The van der Waals surface area contributed by atoms with Gasteiger partial charge < -0.3 is 9.84 Å². The molecule has 2 rings (SSSR count). The summed E-state index contributed by atoms with van der Waals surface area (Å²) < 4.78 is 5.41. The first-order valence-electron chi connectivity index (χ1n) is 5.77. The highest BCUT2D eigenvalue weighted by atomic mass is 16.5. The first-order valence-corrected chi connectivity index (χ1v) is 5.77. The number of benzene rings is 1. The molecule has 0 saturated heterocycles. The summed E-state index contributed by atoms with van der Waals surface area (Å²) in [6.07, 6.45) is 0. The second-order valence-electron chi connectivity index (χ2n) is 5.31. The van der Waals surface area contributed by atoms with Crippen LogP contribution in [0.3, 0.4) is 0 Å². The molecule has 17 heavy (non-hydrogen) atoms. The Morgan fingerprint density at radius 1 is 1.41 bits per heavy atom. The molecule has 0 amide bonds. The first kappa shape index (κ1) is 12.0. The number of carboxylic acids is 1. The lowest BCUT2D eigenvalue weighted by Crippen LogP contribution is -2.03. The molecular formula is C14H18O3. The summed E-state index contributed by atoms with van der Waals surface area (Å²) in [5.41, 5.74) is 1.88. The zero-order valence-corrected chi connectivity index (χ0v) is 10.7. The number of hydrogen-bond donors (Lipinski definition) is 1. The predicted molar refractivity (Wildman–Crippen MR) is 65.4 cm³/mol. The van der Waals surface area contributed by atoms with Crippen molar-refractivity contribution in [3.63, 3.8) is 0 Å². The maximum atomic E-state index is 11.2. The maximum Gasteiger partial charge on any atom is 0.307 e. The Kier molecular flexibility index (Phi) is 2.64. The van der Waals surface area contributed by atoms with E-state index in [9.17, 15) is 9.90 Å². The fraction of sp³-hybridized carbons (Fsp3) is 0.500. The Morgan fingerprint density at radius 3 is 2.53 bits per heavy atom. The van der Waals surface area contributed by atoms with Crippen molar-refractivity contribution in [1.29, 1.82) is 0 Å². The average Bonchev–Trinajstić information content (AvgIpc) is 2.81. The standard InChI is InChI=1S/C14H18O3/c1-8-6-5-7-9(12(8)17-4)10-11(13(15)16)14(10,2)3/h5-7,10-11H,1-4H3,(H,15,16)/t10-,11+/m1/s1. The highest BCUT2D eigenvalue weighted by Crippen LogP contribution is 2.65. The third kappa shape index (κ3) is 1.70. The summed E-state index contributed by atoms with van der Waals surface area (Å²) in [5.74, 6) is -0.147. The molecule has 3 heteroatoms. The van der Waals surface area contributed by atoms with Gasteiger partial charge >= 0.3 is 5.97 Å². The number of hydrogen-bond acceptors (Lipinski definition) is 2. The zero-order chi connectivity index (χ0) is 12.8. The van der Waals surface area contributed by atoms with Gasteiger partial charge in [0.15, 0.2) is 0 Å². The Labute approximate surface area is 101 Å².